The van der Waals surface area contributed by atoms with Crippen molar-refractivity contribution < 1.29 is 14.3 Å². The van der Waals surface area contributed by atoms with Crippen LogP contribution >= 0.6 is 0 Å². The molecule has 0 fully saturated rings. The third-order valence-electron chi connectivity index (χ3n) is 6.06. The van der Waals surface area contributed by atoms with Crippen LogP contribution in [-0.2, 0) is 4.79 Å². The van der Waals surface area contributed by atoms with E-state index < -0.39 is 0 Å². The number of carbonyl (C=O) groups is 1. The summed E-state index contributed by atoms with van der Waals surface area (Å²) in [6, 6.07) is 15.3. The highest BCUT2D eigenvalue weighted by Crippen LogP contribution is 2.45. The second kappa shape index (κ2) is 7.51. The molecule has 1 aliphatic heterocycles. The minimum absolute atomic E-state index is 0.102. The van der Waals surface area contributed by atoms with Crippen molar-refractivity contribution in [1.29, 1.82) is 0 Å². The SMILES string of the molecule is COc1cc(OC)cc(-c2nc3n(n2)[C@@H](c2ccccc2)C2=C(CC(C)(C)CC2=O)N3)c1. The molecular formula is C25H26N4O3. The van der Waals surface area contributed by atoms with Gasteiger partial charge in [-0.25, -0.2) is 4.68 Å². The Bertz CT molecular complexity index is 1200. The molecule has 164 valence electrons. The number of nitrogens with zero attached hydrogens (tertiary/aromatic N) is 3. The number of hydrogen-bond acceptors (Lipinski definition) is 6. The number of nitrogens with one attached hydrogen (secondary N) is 1. The lowest BCUT2D eigenvalue weighted by Crippen LogP contribution is -2.36. The van der Waals surface area contributed by atoms with E-state index in [9.17, 15) is 4.79 Å². The molecule has 0 spiro atoms. The van der Waals surface area contributed by atoms with Gasteiger partial charge < -0.3 is 14.8 Å². The molecule has 1 aliphatic carbocycles. The zero-order valence-corrected chi connectivity index (χ0v) is 18.7. The van der Waals surface area contributed by atoms with Crippen molar-refractivity contribution in [3.8, 4) is 22.9 Å². The molecular weight excluding hydrogens is 404 g/mol. The highest BCUT2D eigenvalue weighted by molar-refractivity contribution is 6.00. The Hall–Kier alpha value is -3.61. The van der Waals surface area contributed by atoms with Gasteiger partial charge in [-0.1, -0.05) is 44.2 Å². The first kappa shape index (κ1) is 20.3. The van der Waals surface area contributed by atoms with Gasteiger partial charge in [0.05, 0.1) is 14.2 Å². The molecule has 2 aromatic carbocycles. The number of hydrogen-bond donors (Lipinski definition) is 1. The number of Topliss-reactive ketones (excluding diaryl/α,β-unsaturated/α-hetero) is 1. The summed E-state index contributed by atoms with van der Waals surface area (Å²) < 4.78 is 12.7. The van der Waals surface area contributed by atoms with Gasteiger partial charge in [-0.2, -0.15) is 4.98 Å². The second-order valence-electron chi connectivity index (χ2n) is 9.08. The molecule has 0 radical (unpaired) electrons. The Labute approximate surface area is 187 Å². The standard InChI is InChI=1S/C25H26N4O3/c1-25(2)13-19-21(20(30)14-25)22(15-8-6-5-7-9-15)29-24(26-19)27-23(28-29)16-10-17(31-3)12-18(11-16)32-4/h5-12,22H,13-14H2,1-4H3,(H,26,27,28)/t22-/m0/s1. The van der Waals surface area contributed by atoms with E-state index in [1.54, 1.807) is 14.2 Å². The molecule has 1 N–H and O–H groups in total. The molecule has 0 saturated heterocycles. The maximum atomic E-state index is 13.3. The average Bonchev–Trinajstić information content (AvgIpc) is 3.20. The number of ether oxygens (including phenoxy) is 2. The van der Waals surface area contributed by atoms with E-state index in [1.165, 1.54) is 0 Å². The zero-order chi connectivity index (χ0) is 22.5. The normalized spacial score (nSPS) is 19.1. The number of allylic oxidation sites excluding steroid dienone is 2. The van der Waals surface area contributed by atoms with Crippen LogP contribution in [0.3, 0.4) is 0 Å². The lowest BCUT2D eigenvalue weighted by molar-refractivity contribution is -0.118. The maximum Gasteiger partial charge on any atom is 0.226 e. The molecule has 1 atom stereocenters. The van der Waals surface area contributed by atoms with Crippen LogP contribution < -0.4 is 14.8 Å². The number of benzene rings is 2. The van der Waals surface area contributed by atoms with Gasteiger partial charge in [-0.15, -0.1) is 5.10 Å². The first-order valence-electron chi connectivity index (χ1n) is 10.7. The maximum absolute atomic E-state index is 13.3. The summed E-state index contributed by atoms with van der Waals surface area (Å²) in [5.41, 5.74) is 3.41. The number of carbonyl (C=O) groups excluding carboxylic acids is 1. The number of methoxy groups -OCH3 is 2. The van der Waals surface area contributed by atoms with Gasteiger partial charge in [0.2, 0.25) is 5.95 Å². The van der Waals surface area contributed by atoms with Crippen molar-refractivity contribution in [2.75, 3.05) is 19.5 Å². The van der Waals surface area contributed by atoms with E-state index in [0.717, 1.165) is 28.8 Å². The van der Waals surface area contributed by atoms with E-state index >= 15 is 0 Å². The number of aromatic nitrogens is 3. The predicted octanol–water partition coefficient (Wildman–Crippen LogP) is 4.62. The molecule has 0 bridgehead atoms. The summed E-state index contributed by atoms with van der Waals surface area (Å²) in [5.74, 6) is 2.64. The number of fused-ring (bicyclic) bond motifs is 1. The van der Waals surface area contributed by atoms with Crippen LogP contribution in [0.25, 0.3) is 11.4 Å². The first-order chi connectivity index (χ1) is 15.4. The first-order valence-corrected chi connectivity index (χ1v) is 10.7. The Balaban J connectivity index is 1.66. The van der Waals surface area contributed by atoms with Crippen LogP contribution in [0.15, 0.2) is 59.8 Å². The molecule has 1 aromatic heterocycles. The van der Waals surface area contributed by atoms with E-state index in [4.69, 9.17) is 19.6 Å². The van der Waals surface area contributed by atoms with Crippen molar-refractivity contribution in [2.24, 2.45) is 5.41 Å². The fraction of sp³-hybridized carbons (Fsp3) is 0.320. The Morgan fingerprint density at radius 2 is 1.72 bits per heavy atom. The van der Waals surface area contributed by atoms with Gasteiger partial charge in [-0.05, 0) is 29.5 Å². The Kier molecular flexibility index (Phi) is 4.77. The van der Waals surface area contributed by atoms with Crippen LogP contribution in [0.5, 0.6) is 11.5 Å². The predicted molar refractivity (Wildman–Crippen MR) is 122 cm³/mol. The van der Waals surface area contributed by atoms with Gasteiger partial charge in [0.25, 0.3) is 0 Å². The summed E-state index contributed by atoms with van der Waals surface area (Å²) in [7, 11) is 3.23. The van der Waals surface area contributed by atoms with Crippen LogP contribution in [0.2, 0.25) is 0 Å². The van der Waals surface area contributed by atoms with Crippen molar-refractivity contribution >= 4 is 11.7 Å². The van der Waals surface area contributed by atoms with Crippen molar-refractivity contribution in [1.82, 2.24) is 14.8 Å². The number of rotatable bonds is 4. The largest absolute Gasteiger partial charge is 0.497 e. The molecule has 7 nitrogen and oxygen atoms in total. The number of ketones is 1. The number of anilines is 1. The lowest BCUT2D eigenvalue weighted by atomic mass is 9.73. The van der Waals surface area contributed by atoms with E-state index in [1.807, 2.05) is 53.2 Å². The Morgan fingerprint density at radius 3 is 2.38 bits per heavy atom. The minimum atomic E-state index is -0.320. The van der Waals surface area contributed by atoms with E-state index in [-0.39, 0.29) is 17.2 Å². The third-order valence-corrected chi connectivity index (χ3v) is 6.06. The highest BCUT2D eigenvalue weighted by atomic mass is 16.5. The van der Waals surface area contributed by atoms with Gasteiger partial charge in [0.1, 0.15) is 17.5 Å². The smallest absolute Gasteiger partial charge is 0.226 e. The fourth-order valence-corrected chi connectivity index (χ4v) is 4.61. The highest BCUT2D eigenvalue weighted by Gasteiger charge is 2.41. The van der Waals surface area contributed by atoms with Gasteiger partial charge >= 0.3 is 0 Å². The third kappa shape index (κ3) is 3.43. The molecule has 2 aliphatic rings. The molecule has 7 heteroatoms. The molecule has 0 unspecified atom stereocenters. The topological polar surface area (TPSA) is 78.3 Å². The van der Waals surface area contributed by atoms with Gasteiger partial charge in [-0.3, -0.25) is 4.79 Å². The summed E-state index contributed by atoms with van der Waals surface area (Å²) in [6.07, 6.45) is 1.30. The summed E-state index contributed by atoms with van der Waals surface area (Å²) in [4.78, 5) is 18.1. The van der Waals surface area contributed by atoms with Crippen LogP contribution in [0.1, 0.15) is 38.3 Å². The quantitative estimate of drug-likeness (QED) is 0.651. The zero-order valence-electron chi connectivity index (χ0n) is 18.7. The van der Waals surface area contributed by atoms with Crippen LogP contribution in [0, 0.1) is 5.41 Å². The lowest BCUT2D eigenvalue weighted by Gasteiger charge is -2.38. The fourth-order valence-electron chi connectivity index (χ4n) is 4.61. The Morgan fingerprint density at radius 1 is 1.03 bits per heavy atom. The van der Waals surface area contributed by atoms with E-state index in [2.05, 4.69) is 19.2 Å². The van der Waals surface area contributed by atoms with Crippen LogP contribution in [0.4, 0.5) is 5.95 Å². The average molecular weight is 431 g/mol. The van der Waals surface area contributed by atoms with Gasteiger partial charge in [0.15, 0.2) is 11.6 Å². The molecule has 0 amide bonds. The molecule has 3 aromatic rings. The summed E-state index contributed by atoms with van der Waals surface area (Å²) in [6.45, 7) is 4.25. The molecule has 2 heterocycles. The molecule has 32 heavy (non-hydrogen) atoms. The summed E-state index contributed by atoms with van der Waals surface area (Å²) in [5, 5.41) is 8.25. The van der Waals surface area contributed by atoms with Crippen molar-refractivity contribution in [3.63, 3.8) is 0 Å². The second-order valence-corrected chi connectivity index (χ2v) is 9.08. The van der Waals surface area contributed by atoms with E-state index in [0.29, 0.717) is 29.7 Å². The van der Waals surface area contributed by atoms with Crippen LogP contribution in [-0.4, -0.2) is 34.8 Å². The van der Waals surface area contributed by atoms with Gasteiger partial charge in [0, 0.05) is 29.3 Å². The molecule has 0 saturated carbocycles. The monoisotopic (exact) mass is 430 g/mol. The minimum Gasteiger partial charge on any atom is -0.497 e. The molecule has 5 rings (SSSR count). The summed E-state index contributed by atoms with van der Waals surface area (Å²) >= 11 is 0. The van der Waals surface area contributed by atoms with Crippen molar-refractivity contribution in [3.05, 3.63) is 65.4 Å². The van der Waals surface area contributed by atoms with Crippen molar-refractivity contribution in [2.45, 2.75) is 32.7 Å².